The highest BCUT2D eigenvalue weighted by Crippen LogP contribution is 2.39. The minimum Gasteiger partial charge on any atom is -0.507 e. The lowest BCUT2D eigenvalue weighted by atomic mass is 9.99. The van der Waals surface area contributed by atoms with Gasteiger partial charge < -0.3 is 24.1 Å². The molecule has 0 radical (unpaired) electrons. The van der Waals surface area contributed by atoms with Crippen molar-refractivity contribution in [1.29, 1.82) is 0 Å². The van der Waals surface area contributed by atoms with Gasteiger partial charge in [-0.2, -0.15) is 0 Å². The SMILES string of the molecule is O=C1C(=O)N(CCC[NH+]2CCOCC2)C(c2ccco2)C1=C(O)c1ccc(Cl)cc1. The van der Waals surface area contributed by atoms with Gasteiger partial charge in [-0.3, -0.25) is 9.59 Å². The summed E-state index contributed by atoms with van der Waals surface area (Å²) in [6.45, 7) is 4.65. The van der Waals surface area contributed by atoms with Crippen molar-refractivity contribution in [2.75, 3.05) is 39.4 Å². The van der Waals surface area contributed by atoms with Crippen molar-refractivity contribution in [2.45, 2.75) is 12.5 Å². The number of quaternary nitrogens is 1. The summed E-state index contributed by atoms with van der Waals surface area (Å²) >= 11 is 5.93. The number of carbonyl (C=O) groups excluding carboxylic acids is 2. The average Bonchev–Trinajstić information content (AvgIpc) is 3.37. The van der Waals surface area contributed by atoms with Gasteiger partial charge in [0.1, 0.15) is 30.7 Å². The maximum atomic E-state index is 12.9. The van der Waals surface area contributed by atoms with E-state index in [4.69, 9.17) is 20.8 Å². The standard InChI is InChI=1S/C22H23ClN2O5/c23-16-6-4-15(5-7-16)20(26)18-19(17-3-1-12-30-17)25(22(28)21(18)27)9-2-8-24-10-13-29-14-11-24/h1,3-7,12,19,26H,2,8-11,13-14H2/p+1. The van der Waals surface area contributed by atoms with Crippen LogP contribution in [0.4, 0.5) is 0 Å². The molecule has 0 bridgehead atoms. The number of Topliss-reactive ketones (excluding diaryl/α,β-unsaturated/α-hetero) is 1. The maximum absolute atomic E-state index is 12.9. The molecular weight excluding hydrogens is 408 g/mol. The number of ketones is 1. The fraction of sp³-hybridized carbons (Fsp3) is 0.364. The molecule has 4 rings (SSSR count). The molecule has 2 aliphatic heterocycles. The van der Waals surface area contributed by atoms with Crippen LogP contribution >= 0.6 is 11.6 Å². The summed E-state index contributed by atoms with van der Waals surface area (Å²) in [5.74, 6) is -1.11. The van der Waals surface area contributed by atoms with E-state index in [1.54, 1.807) is 36.4 Å². The number of hydrogen-bond acceptors (Lipinski definition) is 5. The molecule has 3 heterocycles. The molecular formula is C22H24ClN2O5+. The smallest absolute Gasteiger partial charge is 0.295 e. The number of nitrogens with one attached hydrogen (secondary N) is 1. The monoisotopic (exact) mass is 431 g/mol. The first kappa shape index (κ1) is 20.7. The maximum Gasteiger partial charge on any atom is 0.295 e. The molecule has 1 atom stereocenters. The number of aliphatic hydroxyl groups excluding tert-OH is 1. The van der Waals surface area contributed by atoms with E-state index in [0.29, 0.717) is 22.9 Å². The number of halogens is 1. The molecule has 7 nitrogen and oxygen atoms in total. The minimum atomic E-state index is -0.754. The Morgan fingerprint density at radius 3 is 2.57 bits per heavy atom. The van der Waals surface area contributed by atoms with Crippen LogP contribution in [0.15, 0.2) is 52.7 Å². The van der Waals surface area contributed by atoms with E-state index < -0.39 is 17.7 Å². The lowest BCUT2D eigenvalue weighted by molar-refractivity contribution is -0.908. The molecule has 158 valence electrons. The quantitative estimate of drug-likeness (QED) is 0.413. The van der Waals surface area contributed by atoms with Crippen molar-refractivity contribution in [3.8, 4) is 0 Å². The van der Waals surface area contributed by atoms with Gasteiger partial charge >= 0.3 is 0 Å². The van der Waals surface area contributed by atoms with E-state index in [0.717, 1.165) is 39.3 Å². The molecule has 1 aromatic heterocycles. The van der Waals surface area contributed by atoms with Gasteiger partial charge in [0.25, 0.3) is 11.7 Å². The van der Waals surface area contributed by atoms with Crippen LogP contribution in [0.1, 0.15) is 23.8 Å². The number of morpholine rings is 1. The van der Waals surface area contributed by atoms with E-state index in [9.17, 15) is 14.7 Å². The van der Waals surface area contributed by atoms with Crippen molar-refractivity contribution in [3.63, 3.8) is 0 Å². The summed E-state index contributed by atoms with van der Waals surface area (Å²) in [4.78, 5) is 28.6. The third-order valence-corrected chi connectivity index (χ3v) is 5.85. The fourth-order valence-electron chi connectivity index (χ4n) is 4.03. The normalized spacial score (nSPS) is 22.0. The molecule has 0 aliphatic carbocycles. The van der Waals surface area contributed by atoms with E-state index >= 15 is 0 Å². The zero-order valence-corrected chi connectivity index (χ0v) is 17.2. The number of ether oxygens (including phenoxy) is 1. The predicted molar refractivity (Wildman–Crippen MR) is 110 cm³/mol. The lowest BCUT2D eigenvalue weighted by Crippen LogP contribution is -3.14. The van der Waals surface area contributed by atoms with Crippen molar-refractivity contribution in [1.82, 2.24) is 4.90 Å². The Hall–Kier alpha value is -2.61. The number of rotatable bonds is 6. The number of amides is 1. The molecule has 0 saturated carbocycles. The van der Waals surface area contributed by atoms with Crippen LogP contribution in [0.5, 0.6) is 0 Å². The lowest BCUT2D eigenvalue weighted by Gasteiger charge is -2.26. The Balaban J connectivity index is 1.61. The number of carbonyl (C=O) groups is 2. The van der Waals surface area contributed by atoms with Crippen LogP contribution in [-0.2, 0) is 14.3 Å². The first-order valence-corrected chi connectivity index (χ1v) is 10.4. The predicted octanol–water partition coefficient (Wildman–Crippen LogP) is 1.66. The number of aliphatic hydroxyl groups is 1. The second kappa shape index (κ2) is 9.04. The van der Waals surface area contributed by atoms with Crippen LogP contribution in [0.3, 0.4) is 0 Å². The van der Waals surface area contributed by atoms with Crippen LogP contribution in [0.2, 0.25) is 5.02 Å². The van der Waals surface area contributed by atoms with E-state index in [1.165, 1.54) is 16.1 Å². The Labute approximate surface area is 179 Å². The summed E-state index contributed by atoms with van der Waals surface area (Å²) in [5.41, 5.74) is 0.461. The largest absolute Gasteiger partial charge is 0.507 e. The summed E-state index contributed by atoms with van der Waals surface area (Å²) < 4.78 is 10.9. The molecule has 1 aromatic carbocycles. The number of furan rings is 1. The molecule has 1 amide bonds. The third kappa shape index (κ3) is 4.14. The van der Waals surface area contributed by atoms with Gasteiger partial charge in [-0.25, -0.2) is 0 Å². The molecule has 2 N–H and O–H groups in total. The first-order valence-electron chi connectivity index (χ1n) is 10.1. The van der Waals surface area contributed by atoms with Gasteiger partial charge in [0, 0.05) is 23.6 Å². The van der Waals surface area contributed by atoms with Crippen molar-refractivity contribution >= 4 is 29.1 Å². The molecule has 2 aromatic rings. The molecule has 30 heavy (non-hydrogen) atoms. The highest BCUT2D eigenvalue weighted by atomic mass is 35.5. The molecule has 1 unspecified atom stereocenters. The zero-order valence-electron chi connectivity index (χ0n) is 16.5. The first-order chi connectivity index (χ1) is 14.6. The number of benzene rings is 1. The molecule has 2 aliphatic rings. The Kier molecular flexibility index (Phi) is 6.22. The van der Waals surface area contributed by atoms with Crippen molar-refractivity contribution in [3.05, 3.63) is 64.6 Å². The Morgan fingerprint density at radius 2 is 1.90 bits per heavy atom. The van der Waals surface area contributed by atoms with Crippen LogP contribution in [-0.4, -0.2) is 61.1 Å². The Morgan fingerprint density at radius 1 is 1.17 bits per heavy atom. The molecule has 2 fully saturated rings. The molecule has 2 saturated heterocycles. The highest BCUT2D eigenvalue weighted by Gasteiger charge is 2.47. The fourth-order valence-corrected chi connectivity index (χ4v) is 4.15. The average molecular weight is 432 g/mol. The summed E-state index contributed by atoms with van der Waals surface area (Å²) in [7, 11) is 0. The van der Waals surface area contributed by atoms with Gasteiger partial charge in [-0.05, 0) is 36.4 Å². The number of nitrogens with zero attached hydrogens (tertiary/aromatic N) is 1. The number of likely N-dealkylation sites (tertiary alicyclic amines) is 1. The second-order valence-corrected chi connectivity index (χ2v) is 7.92. The van der Waals surface area contributed by atoms with E-state index in [1.807, 2.05) is 0 Å². The third-order valence-electron chi connectivity index (χ3n) is 5.60. The summed E-state index contributed by atoms with van der Waals surface area (Å²) in [6, 6.07) is 9.15. The van der Waals surface area contributed by atoms with E-state index in [-0.39, 0.29) is 11.3 Å². The van der Waals surface area contributed by atoms with Crippen LogP contribution in [0.25, 0.3) is 5.76 Å². The summed E-state index contributed by atoms with van der Waals surface area (Å²) in [6.07, 6.45) is 2.23. The van der Waals surface area contributed by atoms with Gasteiger partial charge in [0.05, 0.1) is 31.6 Å². The number of hydrogen-bond donors (Lipinski definition) is 2. The van der Waals surface area contributed by atoms with Crippen LogP contribution < -0.4 is 4.90 Å². The van der Waals surface area contributed by atoms with Gasteiger partial charge in [0.2, 0.25) is 0 Å². The van der Waals surface area contributed by atoms with Gasteiger partial charge in [0.15, 0.2) is 0 Å². The van der Waals surface area contributed by atoms with Crippen LogP contribution in [0, 0.1) is 0 Å². The zero-order chi connectivity index (χ0) is 21.1. The second-order valence-electron chi connectivity index (χ2n) is 7.48. The Bertz CT molecular complexity index is 933. The van der Waals surface area contributed by atoms with Gasteiger partial charge in [-0.1, -0.05) is 11.6 Å². The molecule has 8 heteroatoms. The molecule has 0 spiro atoms. The topological polar surface area (TPSA) is 84.4 Å². The van der Waals surface area contributed by atoms with Crippen molar-refractivity contribution in [2.24, 2.45) is 0 Å². The van der Waals surface area contributed by atoms with E-state index in [2.05, 4.69) is 0 Å². The minimum absolute atomic E-state index is 0.0380. The highest BCUT2D eigenvalue weighted by molar-refractivity contribution is 6.46. The van der Waals surface area contributed by atoms with Gasteiger partial charge in [-0.15, -0.1) is 0 Å². The van der Waals surface area contributed by atoms with Crippen molar-refractivity contribution < 1.29 is 28.7 Å². The summed E-state index contributed by atoms with van der Waals surface area (Å²) in [5, 5.41) is 11.4.